The minimum absolute atomic E-state index is 0.0944. The second-order valence-corrected chi connectivity index (χ2v) is 7.22. The number of rotatable bonds is 4. The lowest BCUT2D eigenvalue weighted by molar-refractivity contribution is 0.0102. The molecule has 4 nitrogen and oxygen atoms in total. The van der Waals surface area contributed by atoms with Crippen LogP contribution in [0.5, 0.6) is 0 Å². The van der Waals surface area contributed by atoms with E-state index in [4.69, 9.17) is 9.47 Å². The molecule has 0 saturated carbocycles. The molecule has 3 fully saturated rings. The lowest BCUT2D eigenvalue weighted by Gasteiger charge is -2.36. The lowest BCUT2D eigenvalue weighted by atomic mass is 9.80. The van der Waals surface area contributed by atoms with Crippen LogP contribution in [0.15, 0.2) is 24.3 Å². The lowest BCUT2D eigenvalue weighted by Crippen LogP contribution is -2.47. The van der Waals surface area contributed by atoms with Gasteiger partial charge in [-0.3, -0.25) is 9.80 Å². The van der Waals surface area contributed by atoms with E-state index in [-0.39, 0.29) is 11.2 Å². The molecule has 0 bridgehead atoms. The molecule has 3 aliphatic rings. The number of likely N-dealkylation sites (tertiary alicyclic amines) is 1. The van der Waals surface area contributed by atoms with E-state index in [9.17, 15) is 4.39 Å². The highest BCUT2D eigenvalue weighted by molar-refractivity contribution is 5.18. The van der Waals surface area contributed by atoms with Crippen LogP contribution in [0.1, 0.15) is 5.56 Å². The topological polar surface area (TPSA) is 24.9 Å². The standard InChI is InChI=1S/C18H25FN2O2/c19-17-4-2-1-3-15(17)9-21-10-16-11-23-14-18(16,13-21)12-20-5-7-22-8-6-20/h1-4,16H,5-14H2/t16-,18+/m1/s1. The summed E-state index contributed by atoms with van der Waals surface area (Å²) in [6.45, 7) is 9.18. The van der Waals surface area contributed by atoms with Crippen molar-refractivity contribution < 1.29 is 13.9 Å². The maximum absolute atomic E-state index is 13.9. The molecule has 0 aromatic heterocycles. The number of nitrogens with zero attached hydrogens (tertiary/aromatic N) is 2. The van der Waals surface area contributed by atoms with Crippen molar-refractivity contribution in [3.05, 3.63) is 35.6 Å². The normalized spacial score (nSPS) is 32.3. The third-order valence-electron chi connectivity index (χ3n) is 5.59. The number of hydrogen-bond acceptors (Lipinski definition) is 4. The quantitative estimate of drug-likeness (QED) is 0.841. The van der Waals surface area contributed by atoms with Gasteiger partial charge >= 0.3 is 0 Å². The van der Waals surface area contributed by atoms with Gasteiger partial charge in [0, 0.05) is 56.2 Å². The van der Waals surface area contributed by atoms with Gasteiger partial charge in [0.2, 0.25) is 0 Å². The van der Waals surface area contributed by atoms with Crippen molar-refractivity contribution in [3.63, 3.8) is 0 Å². The van der Waals surface area contributed by atoms with Crippen LogP contribution in [0.25, 0.3) is 0 Å². The summed E-state index contributed by atoms with van der Waals surface area (Å²) in [5.41, 5.74) is 1.01. The molecule has 0 aliphatic carbocycles. The predicted octanol–water partition coefficient (Wildman–Crippen LogP) is 1.61. The van der Waals surface area contributed by atoms with E-state index in [1.165, 1.54) is 0 Å². The van der Waals surface area contributed by atoms with E-state index in [0.29, 0.717) is 12.5 Å². The highest BCUT2D eigenvalue weighted by Crippen LogP contribution is 2.42. The molecule has 0 unspecified atom stereocenters. The SMILES string of the molecule is Fc1ccccc1CN1C[C@@H]2COC[C@]2(CN2CCOCC2)C1. The van der Waals surface area contributed by atoms with Crippen molar-refractivity contribution >= 4 is 0 Å². The summed E-state index contributed by atoms with van der Waals surface area (Å²) in [4.78, 5) is 4.92. The Morgan fingerprint density at radius 3 is 2.78 bits per heavy atom. The number of halogens is 1. The van der Waals surface area contributed by atoms with Crippen LogP contribution in [0.2, 0.25) is 0 Å². The zero-order valence-electron chi connectivity index (χ0n) is 13.5. The van der Waals surface area contributed by atoms with E-state index in [1.807, 2.05) is 12.1 Å². The van der Waals surface area contributed by atoms with Gasteiger partial charge in [-0.1, -0.05) is 18.2 Å². The van der Waals surface area contributed by atoms with E-state index < -0.39 is 0 Å². The van der Waals surface area contributed by atoms with Crippen molar-refractivity contribution in [2.75, 3.05) is 59.2 Å². The van der Waals surface area contributed by atoms with Crippen LogP contribution in [0.4, 0.5) is 4.39 Å². The molecule has 3 aliphatic heterocycles. The molecule has 1 aromatic rings. The molecule has 3 saturated heterocycles. The summed E-state index contributed by atoms with van der Waals surface area (Å²) in [6.07, 6.45) is 0. The Kier molecular flexibility index (Phi) is 4.37. The van der Waals surface area contributed by atoms with Crippen molar-refractivity contribution in [2.24, 2.45) is 11.3 Å². The number of morpholine rings is 1. The Labute approximate surface area is 137 Å². The molecule has 4 rings (SSSR count). The fourth-order valence-electron chi connectivity index (χ4n) is 4.36. The van der Waals surface area contributed by atoms with Crippen LogP contribution >= 0.6 is 0 Å². The van der Waals surface area contributed by atoms with Gasteiger partial charge in [-0.25, -0.2) is 4.39 Å². The van der Waals surface area contributed by atoms with Gasteiger partial charge in [0.1, 0.15) is 5.82 Å². The monoisotopic (exact) mass is 320 g/mol. The van der Waals surface area contributed by atoms with Crippen LogP contribution in [0, 0.1) is 17.2 Å². The molecular formula is C18H25FN2O2. The van der Waals surface area contributed by atoms with Crippen molar-refractivity contribution in [1.29, 1.82) is 0 Å². The maximum atomic E-state index is 13.9. The summed E-state index contributed by atoms with van der Waals surface area (Å²) in [5.74, 6) is 0.472. The zero-order valence-corrected chi connectivity index (χ0v) is 13.5. The average molecular weight is 320 g/mol. The van der Waals surface area contributed by atoms with Gasteiger partial charge in [-0.15, -0.1) is 0 Å². The Morgan fingerprint density at radius 2 is 1.96 bits per heavy atom. The number of hydrogen-bond donors (Lipinski definition) is 0. The number of fused-ring (bicyclic) bond motifs is 1. The molecular weight excluding hydrogens is 295 g/mol. The van der Waals surface area contributed by atoms with Crippen LogP contribution < -0.4 is 0 Å². The van der Waals surface area contributed by atoms with Crippen LogP contribution in [-0.2, 0) is 16.0 Å². The first-order valence-electron chi connectivity index (χ1n) is 8.59. The molecule has 0 radical (unpaired) electrons. The van der Waals surface area contributed by atoms with Crippen molar-refractivity contribution in [1.82, 2.24) is 9.80 Å². The van der Waals surface area contributed by atoms with Gasteiger partial charge in [0.15, 0.2) is 0 Å². The first kappa shape index (κ1) is 15.5. The molecule has 0 spiro atoms. The fraction of sp³-hybridized carbons (Fsp3) is 0.667. The van der Waals surface area contributed by atoms with Gasteiger partial charge in [0.05, 0.1) is 26.4 Å². The average Bonchev–Trinajstić information content (AvgIpc) is 3.07. The van der Waals surface area contributed by atoms with E-state index in [2.05, 4.69) is 9.80 Å². The highest BCUT2D eigenvalue weighted by Gasteiger charge is 2.51. The summed E-state index contributed by atoms with van der Waals surface area (Å²) >= 11 is 0. The summed E-state index contributed by atoms with van der Waals surface area (Å²) < 4.78 is 25.2. The smallest absolute Gasteiger partial charge is 0.127 e. The zero-order chi connectivity index (χ0) is 15.7. The minimum Gasteiger partial charge on any atom is -0.380 e. The Morgan fingerprint density at radius 1 is 1.13 bits per heavy atom. The largest absolute Gasteiger partial charge is 0.380 e. The second kappa shape index (κ2) is 6.48. The van der Waals surface area contributed by atoms with Gasteiger partial charge in [-0.2, -0.15) is 0 Å². The Balaban J connectivity index is 1.44. The van der Waals surface area contributed by atoms with E-state index in [1.54, 1.807) is 12.1 Å². The van der Waals surface area contributed by atoms with Crippen molar-refractivity contribution in [2.45, 2.75) is 6.54 Å². The predicted molar refractivity (Wildman–Crippen MR) is 85.7 cm³/mol. The first-order chi connectivity index (χ1) is 11.3. The summed E-state index contributed by atoms with van der Waals surface area (Å²) in [6, 6.07) is 7.13. The van der Waals surface area contributed by atoms with Gasteiger partial charge in [0.25, 0.3) is 0 Å². The first-order valence-corrected chi connectivity index (χ1v) is 8.59. The molecule has 0 N–H and O–H groups in total. The fourth-order valence-corrected chi connectivity index (χ4v) is 4.36. The maximum Gasteiger partial charge on any atom is 0.127 e. The van der Waals surface area contributed by atoms with Crippen LogP contribution in [-0.4, -0.2) is 69.0 Å². The van der Waals surface area contributed by atoms with Crippen LogP contribution in [0.3, 0.4) is 0 Å². The molecule has 0 amide bonds. The van der Waals surface area contributed by atoms with Gasteiger partial charge < -0.3 is 9.47 Å². The third kappa shape index (κ3) is 3.15. The van der Waals surface area contributed by atoms with E-state index >= 15 is 0 Å². The number of ether oxygens (including phenoxy) is 2. The Bertz CT molecular complexity index is 550. The molecule has 1 aromatic carbocycles. The molecule has 126 valence electrons. The molecule has 23 heavy (non-hydrogen) atoms. The number of benzene rings is 1. The Hall–Kier alpha value is -1.01. The second-order valence-electron chi connectivity index (χ2n) is 7.22. The molecule has 2 atom stereocenters. The highest BCUT2D eigenvalue weighted by atomic mass is 19.1. The third-order valence-corrected chi connectivity index (χ3v) is 5.59. The van der Waals surface area contributed by atoms with Gasteiger partial charge in [-0.05, 0) is 6.07 Å². The summed E-state index contributed by atoms with van der Waals surface area (Å²) in [5, 5.41) is 0. The molecule has 5 heteroatoms. The van der Waals surface area contributed by atoms with E-state index in [0.717, 1.165) is 64.7 Å². The summed E-state index contributed by atoms with van der Waals surface area (Å²) in [7, 11) is 0. The molecule has 3 heterocycles. The minimum atomic E-state index is -0.0944. The van der Waals surface area contributed by atoms with Crippen molar-refractivity contribution in [3.8, 4) is 0 Å².